The van der Waals surface area contributed by atoms with Gasteiger partial charge in [0.2, 0.25) is 0 Å². The van der Waals surface area contributed by atoms with Gasteiger partial charge in [-0.05, 0) is 55.4 Å². The van der Waals surface area contributed by atoms with Crippen molar-refractivity contribution in [3.63, 3.8) is 0 Å². The number of benzene rings is 2. The molecule has 0 aromatic heterocycles. The highest BCUT2D eigenvalue weighted by atomic mass is 35.5. The molecule has 0 fully saturated rings. The molecule has 2 aromatic rings. The molecular formula is C16H16Cl2FNO. The molecule has 0 aliphatic carbocycles. The van der Waals surface area contributed by atoms with Crippen molar-refractivity contribution in [1.82, 2.24) is 5.32 Å². The van der Waals surface area contributed by atoms with Crippen molar-refractivity contribution >= 4 is 23.2 Å². The molecule has 2 nitrogen and oxygen atoms in total. The van der Waals surface area contributed by atoms with Crippen LogP contribution in [0.5, 0.6) is 5.75 Å². The van der Waals surface area contributed by atoms with Gasteiger partial charge in [-0.15, -0.1) is 0 Å². The van der Waals surface area contributed by atoms with Gasteiger partial charge in [0.1, 0.15) is 11.6 Å². The van der Waals surface area contributed by atoms with Crippen LogP contribution in [0.15, 0.2) is 30.3 Å². The van der Waals surface area contributed by atoms with Crippen LogP contribution in [0.4, 0.5) is 4.39 Å². The number of ether oxygens (including phenoxy) is 1. The average molecular weight is 328 g/mol. The Labute approximate surface area is 133 Å². The number of hydrogen-bond donors (Lipinski definition) is 1. The average Bonchev–Trinajstić information content (AvgIpc) is 2.45. The minimum absolute atomic E-state index is 0.245. The number of aryl methyl sites for hydroxylation is 1. The molecule has 1 atom stereocenters. The lowest BCUT2D eigenvalue weighted by molar-refractivity contribution is 0.405. The van der Waals surface area contributed by atoms with E-state index in [0.29, 0.717) is 21.4 Å². The number of nitrogens with one attached hydrogen (secondary N) is 1. The first-order valence-electron chi connectivity index (χ1n) is 6.44. The molecule has 21 heavy (non-hydrogen) atoms. The maximum Gasteiger partial charge on any atom is 0.127 e. The molecule has 5 heteroatoms. The molecule has 112 valence electrons. The summed E-state index contributed by atoms with van der Waals surface area (Å²) >= 11 is 12.3. The van der Waals surface area contributed by atoms with Gasteiger partial charge in [0.25, 0.3) is 0 Å². The summed E-state index contributed by atoms with van der Waals surface area (Å²) in [6.45, 7) is 1.71. The molecule has 0 heterocycles. The van der Waals surface area contributed by atoms with Gasteiger partial charge < -0.3 is 10.1 Å². The van der Waals surface area contributed by atoms with E-state index < -0.39 is 0 Å². The van der Waals surface area contributed by atoms with Crippen LogP contribution in [0.1, 0.15) is 22.7 Å². The number of methoxy groups -OCH3 is 1. The molecule has 0 radical (unpaired) electrons. The Kier molecular flexibility index (Phi) is 5.09. The molecule has 0 saturated carbocycles. The highest BCUT2D eigenvalue weighted by Crippen LogP contribution is 2.36. The van der Waals surface area contributed by atoms with Gasteiger partial charge in [-0.1, -0.05) is 23.2 Å². The first-order valence-corrected chi connectivity index (χ1v) is 7.19. The van der Waals surface area contributed by atoms with E-state index in [1.54, 1.807) is 39.3 Å². The largest absolute Gasteiger partial charge is 0.496 e. The number of hydrogen-bond acceptors (Lipinski definition) is 2. The summed E-state index contributed by atoms with van der Waals surface area (Å²) in [5, 5.41) is 4.14. The van der Waals surface area contributed by atoms with Crippen LogP contribution in [0, 0.1) is 12.7 Å². The van der Waals surface area contributed by atoms with Crippen LogP contribution >= 0.6 is 23.2 Å². The zero-order valence-corrected chi connectivity index (χ0v) is 13.5. The fraction of sp³-hybridized carbons (Fsp3) is 0.250. The quantitative estimate of drug-likeness (QED) is 0.874. The Morgan fingerprint density at radius 2 is 1.86 bits per heavy atom. The van der Waals surface area contributed by atoms with Gasteiger partial charge in [-0.25, -0.2) is 4.39 Å². The minimum atomic E-state index is -0.323. The standard InChI is InChI=1S/C16H16Cl2FNO/c1-9-6-11(13(18)8-14(9)19)16(20-2)12-7-10(17)4-5-15(12)21-3/h4-8,16,20H,1-3H3. The monoisotopic (exact) mass is 327 g/mol. The molecule has 0 saturated heterocycles. The summed E-state index contributed by atoms with van der Waals surface area (Å²) in [4.78, 5) is 0. The Hall–Kier alpha value is -1.29. The lowest BCUT2D eigenvalue weighted by Crippen LogP contribution is -2.19. The Balaban J connectivity index is 2.59. The topological polar surface area (TPSA) is 21.3 Å². The van der Waals surface area contributed by atoms with Crippen LogP contribution in [0.3, 0.4) is 0 Å². The highest BCUT2D eigenvalue weighted by Gasteiger charge is 2.20. The lowest BCUT2D eigenvalue weighted by Gasteiger charge is -2.22. The minimum Gasteiger partial charge on any atom is -0.496 e. The summed E-state index contributed by atoms with van der Waals surface area (Å²) in [6, 6.07) is 8.19. The molecule has 0 aliphatic rings. The van der Waals surface area contributed by atoms with E-state index in [1.807, 2.05) is 6.07 Å². The Morgan fingerprint density at radius 1 is 1.14 bits per heavy atom. The van der Waals surface area contributed by atoms with Crippen molar-refractivity contribution in [1.29, 1.82) is 0 Å². The molecule has 0 amide bonds. The van der Waals surface area contributed by atoms with Gasteiger partial charge in [-0.2, -0.15) is 0 Å². The molecule has 0 aliphatic heterocycles. The summed E-state index contributed by atoms with van der Waals surface area (Å²) < 4.78 is 19.0. The van der Waals surface area contributed by atoms with Crippen molar-refractivity contribution in [3.8, 4) is 5.75 Å². The second kappa shape index (κ2) is 6.65. The molecule has 0 spiro atoms. The first kappa shape index (κ1) is 16.1. The molecule has 1 unspecified atom stereocenters. The predicted octanol–water partition coefficient (Wildman–Crippen LogP) is 4.76. The Bertz CT molecular complexity index is 661. The summed E-state index contributed by atoms with van der Waals surface area (Å²) in [5.74, 6) is 0.369. The maximum absolute atomic E-state index is 13.6. The van der Waals surface area contributed by atoms with E-state index in [-0.39, 0.29) is 11.9 Å². The first-order chi connectivity index (χ1) is 9.97. The van der Waals surface area contributed by atoms with Crippen molar-refractivity contribution in [2.75, 3.05) is 14.2 Å². The summed E-state index contributed by atoms with van der Waals surface area (Å²) in [7, 11) is 3.40. The van der Waals surface area contributed by atoms with Crippen LogP contribution in [0.25, 0.3) is 0 Å². The van der Waals surface area contributed by atoms with E-state index in [4.69, 9.17) is 27.9 Å². The third-order valence-electron chi connectivity index (χ3n) is 3.38. The van der Waals surface area contributed by atoms with Crippen molar-refractivity contribution in [2.24, 2.45) is 0 Å². The maximum atomic E-state index is 13.6. The van der Waals surface area contributed by atoms with E-state index in [0.717, 1.165) is 11.1 Å². The zero-order chi connectivity index (χ0) is 15.6. The lowest BCUT2D eigenvalue weighted by atomic mass is 9.96. The molecule has 0 bridgehead atoms. The third kappa shape index (κ3) is 3.31. The fourth-order valence-corrected chi connectivity index (χ4v) is 2.75. The van der Waals surface area contributed by atoms with Crippen LogP contribution in [-0.4, -0.2) is 14.2 Å². The van der Waals surface area contributed by atoms with Gasteiger partial charge in [0.05, 0.1) is 13.2 Å². The van der Waals surface area contributed by atoms with Crippen molar-refractivity contribution in [3.05, 3.63) is 62.9 Å². The molecule has 1 N–H and O–H groups in total. The van der Waals surface area contributed by atoms with E-state index in [1.165, 1.54) is 6.07 Å². The molecule has 2 aromatic carbocycles. The fourth-order valence-electron chi connectivity index (χ4n) is 2.31. The van der Waals surface area contributed by atoms with Gasteiger partial charge >= 0.3 is 0 Å². The number of halogens is 3. The van der Waals surface area contributed by atoms with Gasteiger partial charge in [-0.3, -0.25) is 0 Å². The number of rotatable bonds is 4. The van der Waals surface area contributed by atoms with Crippen LogP contribution < -0.4 is 10.1 Å². The molecule has 2 rings (SSSR count). The van der Waals surface area contributed by atoms with Crippen molar-refractivity contribution in [2.45, 2.75) is 13.0 Å². The van der Waals surface area contributed by atoms with E-state index in [9.17, 15) is 4.39 Å². The zero-order valence-electron chi connectivity index (χ0n) is 12.0. The SMILES string of the molecule is CNC(c1cc(C)c(F)cc1Cl)c1cc(Cl)ccc1OC. The summed E-state index contributed by atoms with van der Waals surface area (Å²) in [6.07, 6.45) is 0. The Morgan fingerprint density at radius 3 is 2.48 bits per heavy atom. The predicted molar refractivity (Wildman–Crippen MR) is 85.1 cm³/mol. The molecular weight excluding hydrogens is 312 g/mol. The van der Waals surface area contributed by atoms with Crippen LogP contribution in [-0.2, 0) is 0 Å². The van der Waals surface area contributed by atoms with E-state index >= 15 is 0 Å². The van der Waals surface area contributed by atoms with Crippen LogP contribution in [0.2, 0.25) is 10.0 Å². The van der Waals surface area contributed by atoms with Crippen molar-refractivity contribution < 1.29 is 9.13 Å². The second-order valence-electron chi connectivity index (χ2n) is 4.73. The third-order valence-corrected chi connectivity index (χ3v) is 3.94. The highest BCUT2D eigenvalue weighted by molar-refractivity contribution is 6.31. The normalized spacial score (nSPS) is 12.3. The summed E-state index contributed by atoms with van der Waals surface area (Å²) in [5.41, 5.74) is 2.16. The van der Waals surface area contributed by atoms with Gasteiger partial charge in [0.15, 0.2) is 0 Å². The van der Waals surface area contributed by atoms with Gasteiger partial charge in [0, 0.05) is 15.6 Å². The van der Waals surface area contributed by atoms with E-state index in [2.05, 4.69) is 5.32 Å². The second-order valence-corrected chi connectivity index (χ2v) is 5.57. The smallest absolute Gasteiger partial charge is 0.127 e.